The van der Waals surface area contributed by atoms with Crippen LogP contribution < -0.4 is 0 Å². The number of benzene rings is 4. The van der Waals surface area contributed by atoms with Crippen molar-refractivity contribution in [2.24, 2.45) is 0 Å². The van der Waals surface area contributed by atoms with Crippen molar-refractivity contribution in [3.63, 3.8) is 0 Å². The van der Waals surface area contributed by atoms with Crippen LogP contribution in [-0.2, 0) is 28.4 Å². The lowest BCUT2D eigenvalue weighted by Gasteiger charge is -2.29. The Morgan fingerprint density at radius 3 is 1.18 bits per heavy atom. The van der Waals surface area contributed by atoms with Gasteiger partial charge in [-0.1, -0.05) is 71.3 Å². The molecule has 2 heterocycles. The number of esters is 4. The van der Waals surface area contributed by atoms with Crippen LogP contribution in [0.25, 0.3) is 0 Å². The largest absolute Gasteiger partial charge is 0.459 e. The zero-order chi connectivity index (χ0) is 44.3. The summed E-state index contributed by atoms with van der Waals surface area (Å²) in [5.74, 6) is -2.40. The van der Waals surface area contributed by atoms with E-state index in [-0.39, 0.29) is 26.1 Å². The van der Waals surface area contributed by atoms with Crippen molar-refractivity contribution in [2.45, 2.75) is 95.3 Å². The molecule has 0 spiro atoms. The second-order valence-corrected chi connectivity index (χ2v) is 15.3. The number of ether oxygens (including phenoxy) is 6. The molecule has 2 aliphatic heterocycles. The van der Waals surface area contributed by atoms with Crippen molar-refractivity contribution < 1.29 is 57.8 Å². The number of carbonyl (C=O) groups is 4. The van der Waals surface area contributed by atoms with Crippen LogP contribution in [0.5, 0.6) is 0 Å². The summed E-state index contributed by atoms with van der Waals surface area (Å²) in [5, 5.41) is 40.0. The van der Waals surface area contributed by atoms with E-state index < -0.39 is 71.7 Å². The van der Waals surface area contributed by atoms with Crippen molar-refractivity contribution in [1.82, 2.24) is 0 Å². The molecule has 4 aromatic rings. The zero-order valence-electron chi connectivity index (χ0n) is 34.5. The minimum Gasteiger partial charge on any atom is -0.459 e. The van der Waals surface area contributed by atoms with E-state index in [2.05, 4.69) is 0 Å². The molecule has 2 aliphatic rings. The maximum Gasteiger partial charge on any atom is 0.338 e. The Balaban J connectivity index is 0.000000231. The van der Waals surface area contributed by atoms with E-state index in [1.165, 1.54) is 13.8 Å². The van der Waals surface area contributed by atoms with Crippen molar-refractivity contribution in [3.05, 3.63) is 142 Å². The number of rotatable bonds is 12. The molecule has 8 atom stereocenters. The third-order valence-electron chi connectivity index (χ3n) is 10.5. The molecule has 0 aliphatic carbocycles. The molecule has 2 fully saturated rings. The number of hydrogen-bond acceptors (Lipinski definition) is 14. The van der Waals surface area contributed by atoms with Crippen molar-refractivity contribution in [2.75, 3.05) is 13.2 Å². The van der Waals surface area contributed by atoms with Crippen LogP contribution in [0.1, 0.15) is 84.8 Å². The summed E-state index contributed by atoms with van der Waals surface area (Å²) in [6, 6.07) is 32.8. The average Bonchev–Trinajstić information content (AvgIpc) is 3.62. The Kier molecular flexibility index (Phi) is 15.1. The van der Waals surface area contributed by atoms with Gasteiger partial charge in [0, 0.05) is 0 Å². The highest BCUT2D eigenvalue weighted by molar-refractivity contribution is 5.91. The summed E-state index contributed by atoms with van der Waals surface area (Å²) in [6.45, 7) is 8.12. The van der Waals surface area contributed by atoms with E-state index in [1.807, 2.05) is 32.9 Å². The topological polar surface area (TPSA) is 212 Å². The van der Waals surface area contributed by atoms with E-state index in [4.69, 9.17) is 38.9 Å². The minimum absolute atomic E-state index is 0.102. The summed E-state index contributed by atoms with van der Waals surface area (Å²) in [4.78, 5) is 49.9. The lowest BCUT2D eigenvalue weighted by Crippen LogP contribution is -2.48. The summed E-state index contributed by atoms with van der Waals surface area (Å²) in [7, 11) is 0. The molecule has 0 saturated carbocycles. The number of aliphatic hydroxyl groups is 2. The molecular weight excluding hydrogens is 785 g/mol. The second-order valence-electron chi connectivity index (χ2n) is 15.3. The Morgan fingerprint density at radius 2 is 0.852 bits per heavy atom. The molecule has 0 amide bonds. The number of carbonyl (C=O) groups excluding carboxylic acids is 4. The Bertz CT molecular complexity index is 2230. The second kappa shape index (κ2) is 20.2. The number of aryl methyl sites for hydroxylation is 3. The van der Waals surface area contributed by atoms with E-state index in [1.54, 1.807) is 103 Å². The van der Waals surface area contributed by atoms with Crippen LogP contribution in [0.15, 0.2) is 103 Å². The predicted octanol–water partition coefficient (Wildman–Crippen LogP) is 5.93. The smallest absolute Gasteiger partial charge is 0.338 e. The average molecular weight is 833 g/mol. The first-order valence-electron chi connectivity index (χ1n) is 19.6. The lowest BCUT2D eigenvalue weighted by molar-refractivity contribution is -0.0721. The monoisotopic (exact) mass is 832 g/mol. The maximum atomic E-state index is 12.6. The first-order chi connectivity index (χ1) is 29.0. The molecule has 318 valence electrons. The highest BCUT2D eigenvalue weighted by Gasteiger charge is 2.56. The molecule has 0 radical (unpaired) electrons. The van der Waals surface area contributed by atoms with Crippen LogP contribution in [0, 0.1) is 43.4 Å². The van der Waals surface area contributed by atoms with Crippen LogP contribution in [0.2, 0.25) is 0 Å². The maximum absolute atomic E-state index is 12.6. The molecule has 0 unspecified atom stereocenters. The van der Waals surface area contributed by atoms with Gasteiger partial charge in [-0.2, -0.15) is 10.5 Å². The van der Waals surface area contributed by atoms with Crippen LogP contribution in [0.4, 0.5) is 0 Å². The van der Waals surface area contributed by atoms with Gasteiger partial charge in [-0.15, -0.1) is 0 Å². The fourth-order valence-corrected chi connectivity index (χ4v) is 6.77. The van der Waals surface area contributed by atoms with Gasteiger partial charge in [0.1, 0.15) is 48.8 Å². The number of nitriles is 2. The first kappa shape index (κ1) is 45.7. The number of hydrogen-bond donors (Lipinski definition) is 2. The van der Waals surface area contributed by atoms with E-state index in [9.17, 15) is 29.4 Å². The lowest BCUT2D eigenvalue weighted by atomic mass is 9.91. The Hall–Kier alpha value is -6.42. The van der Waals surface area contributed by atoms with Gasteiger partial charge in [-0.25, -0.2) is 19.2 Å². The highest BCUT2D eigenvalue weighted by Crippen LogP contribution is 2.37. The van der Waals surface area contributed by atoms with Gasteiger partial charge >= 0.3 is 23.9 Å². The summed E-state index contributed by atoms with van der Waals surface area (Å²) in [6.07, 6.45) is -6.06. The molecule has 6 rings (SSSR count). The third kappa shape index (κ3) is 11.4. The molecule has 14 heteroatoms. The SMILES string of the molecule is Cc1ccc(C(=O)OC[C@H]2O[C@H](CC#N)[C@](C)(O)[C@@H]2OC(=O)c2ccc(C)cc2)cc1.Cc1ccc(C(=O)O[C@@H]2[C@@H](COC(=O)c3ccccc3)O[C@@H](CC#N)[C@]2(C)O)cc1. The van der Waals surface area contributed by atoms with E-state index >= 15 is 0 Å². The van der Waals surface area contributed by atoms with Gasteiger partial charge in [0.05, 0.1) is 47.2 Å². The predicted molar refractivity (Wildman–Crippen MR) is 218 cm³/mol. The minimum atomic E-state index is -1.63. The highest BCUT2D eigenvalue weighted by atomic mass is 16.6. The van der Waals surface area contributed by atoms with Crippen LogP contribution in [0.3, 0.4) is 0 Å². The van der Waals surface area contributed by atoms with Crippen molar-refractivity contribution >= 4 is 23.9 Å². The van der Waals surface area contributed by atoms with Gasteiger partial charge in [0.25, 0.3) is 0 Å². The van der Waals surface area contributed by atoms with Gasteiger partial charge < -0.3 is 38.6 Å². The standard InChI is InChI=1S/C24H25NO6.C23H23NO6/c1-15-4-8-17(9-5-15)22(26)29-14-19-21(24(3,28)20(30-19)12-13-25)31-23(27)18-10-6-16(2)7-11-18;1-15-8-10-17(11-9-15)22(26)30-20-18(29-19(12-13-24)23(20,2)27)14-28-21(25)16-6-4-3-5-7-16/h4-11,19-21,28H,12,14H2,1-3H3;3-11,18-20,27H,12,14H2,1-2H3/t19-,20-,21-,24+;18-,19+,20-,23+/m11/s1. The van der Waals surface area contributed by atoms with Crippen LogP contribution in [-0.4, -0.2) is 95.1 Å². The summed E-state index contributed by atoms with van der Waals surface area (Å²) in [5.41, 5.74) is 1.11. The van der Waals surface area contributed by atoms with E-state index in [0.717, 1.165) is 16.7 Å². The molecule has 2 saturated heterocycles. The summed E-state index contributed by atoms with van der Waals surface area (Å²) >= 11 is 0. The van der Waals surface area contributed by atoms with Crippen LogP contribution >= 0.6 is 0 Å². The molecule has 0 bridgehead atoms. The Morgan fingerprint density at radius 1 is 0.541 bits per heavy atom. The Labute approximate surface area is 354 Å². The number of nitrogens with zero attached hydrogens (tertiary/aromatic N) is 2. The van der Waals surface area contributed by atoms with Gasteiger partial charge in [0.2, 0.25) is 0 Å². The molecule has 4 aromatic carbocycles. The summed E-state index contributed by atoms with van der Waals surface area (Å²) < 4.78 is 33.3. The first-order valence-corrected chi connectivity index (χ1v) is 19.6. The molecule has 14 nitrogen and oxygen atoms in total. The van der Waals surface area contributed by atoms with Gasteiger partial charge in [-0.3, -0.25) is 0 Å². The van der Waals surface area contributed by atoms with Crippen molar-refractivity contribution in [1.29, 1.82) is 10.5 Å². The molecule has 61 heavy (non-hydrogen) atoms. The van der Waals surface area contributed by atoms with E-state index in [0.29, 0.717) is 22.3 Å². The fourth-order valence-electron chi connectivity index (χ4n) is 6.77. The molecular formula is C47H48N2O12. The van der Waals surface area contributed by atoms with Crippen molar-refractivity contribution in [3.8, 4) is 12.1 Å². The fraction of sp³-hybridized carbons (Fsp3) is 0.362. The molecule has 2 N–H and O–H groups in total. The third-order valence-corrected chi connectivity index (χ3v) is 10.5. The molecule has 0 aromatic heterocycles. The van der Waals surface area contributed by atoms with Gasteiger partial charge in [-0.05, 0) is 83.1 Å². The van der Waals surface area contributed by atoms with Gasteiger partial charge in [0.15, 0.2) is 12.2 Å². The zero-order valence-corrected chi connectivity index (χ0v) is 34.5. The normalized spacial score (nSPS) is 25.1. The quantitative estimate of drug-likeness (QED) is 0.125.